The van der Waals surface area contributed by atoms with E-state index < -0.39 is 0 Å². The van der Waals surface area contributed by atoms with Crippen LogP contribution in [-0.2, 0) is 19.0 Å². The first-order valence-electron chi connectivity index (χ1n) is 11.1. The van der Waals surface area contributed by atoms with Gasteiger partial charge in [0.15, 0.2) is 0 Å². The lowest BCUT2D eigenvalue weighted by Gasteiger charge is -2.06. The standard InChI is InChI=1S/C22H44O4/c1-3-5-7-8-9-10-11-12-13-14-17-24-20-21-25-18-15-16-22(23)26-19-6-4-2/h3-21H2,1-2H3. The third-order valence-electron chi connectivity index (χ3n) is 4.44. The molecule has 0 bridgehead atoms. The molecule has 0 N–H and O–H groups in total. The molecule has 0 aromatic carbocycles. The molecule has 0 spiro atoms. The molecule has 0 rings (SSSR count). The Morgan fingerprint density at radius 1 is 0.538 bits per heavy atom. The lowest BCUT2D eigenvalue weighted by molar-refractivity contribution is -0.144. The first-order valence-corrected chi connectivity index (χ1v) is 11.1. The lowest BCUT2D eigenvalue weighted by atomic mass is 10.1. The number of hydrogen-bond donors (Lipinski definition) is 0. The van der Waals surface area contributed by atoms with Gasteiger partial charge in [0.2, 0.25) is 0 Å². The second-order valence-electron chi connectivity index (χ2n) is 7.08. The first-order chi connectivity index (χ1) is 12.8. The van der Waals surface area contributed by atoms with Crippen molar-refractivity contribution < 1.29 is 19.0 Å². The third-order valence-corrected chi connectivity index (χ3v) is 4.44. The molecule has 0 aliphatic heterocycles. The summed E-state index contributed by atoms with van der Waals surface area (Å²) in [5.41, 5.74) is 0. The van der Waals surface area contributed by atoms with Gasteiger partial charge >= 0.3 is 5.97 Å². The monoisotopic (exact) mass is 372 g/mol. The van der Waals surface area contributed by atoms with Crippen molar-refractivity contribution in [2.75, 3.05) is 33.0 Å². The van der Waals surface area contributed by atoms with E-state index >= 15 is 0 Å². The van der Waals surface area contributed by atoms with Crippen molar-refractivity contribution in [2.24, 2.45) is 0 Å². The highest BCUT2D eigenvalue weighted by molar-refractivity contribution is 5.69. The molecule has 0 fully saturated rings. The van der Waals surface area contributed by atoms with E-state index in [1.165, 1.54) is 57.8 Å². The van der Waals surface area contributed by atoms with Gasteiger partial charge in [0.25, 0.3) is 0 Å². The fourth-order valence-electron chi connectivity index (χ4n) is 2.73. The van der Waals surface area contributed by atoms with Crippen molar-refractivity contribution in [3.63, 3.8) is 0 Å². The topological polar surface area (TPSA) is 44.8 Å². The minimum Gasteiger partial charge on any atom is -0.466 e. The van der Waals surface area contributed by atoms with Crippen molar-refractivity contribution in [2.45, 2.75) is 104 Å². The molecular formula is C22H44O4. The lowest BCUT2D eigenvalue weighted by Crippen LogP contribution is -2.09. The maximum atomic E-state index is 11.4. The van der Waals surface area contributed by atoms with Crippen LogP contribution >= 0.6 is 0 Å². The molecule has 0 amide bonds. The number of carbonyl (C=O) groups is 1. The fraction of sp³-hybridized carbons (Fsp3) is 0.955. The molecule has 0 radical (unpaired) electrons. The predicted octanol–water partition coefficient (Wildman–Crippen LogP) is 6.06. The highest BCUT2D eigenvalue weighted by atomic mass is 16.5. The normalized spacial score (nSPS) is 11.0. The van der Waals surface area contributed by atoms with Crippen molar-refractivity contribution >= 4 is 5.97 Å². The number of hydrogen-bond acceptors (Lipinski definition) is 4. The number of rotatable bonds is 21. The second kappa shape index (κ2) is 22.4. The minimum atomic E-state index is -0.112. The number of esters is 1. The number of unbranched alkanes of at least 4 members (excludes halogenated alkanes) is 10. The zero-order valence-electron chi connectivity index (χ0n) is 17.6. The van der Waals surface area contributed by atoms with E-state index in [-0.39, 0.29) is 5.97 Å². The highest BCUT2D eigenvalue weighted by Crippen LogP contribution is 2.10. The van der Waals surface area contributed by atoms with E-state index in [1.54, 1.807) is 0 Å². The molecule has 4 heteroatoms. The van der Waals surface area contributed by atoms with Crippen molar-refractivity contribution in [1.29, 1.82) is 0 Å². The van der Waals surface area contributed by atoms with Gasteiger partial charge in [-0.05, 0) is 19.3 Å². The van der Waals surface area contributed by atoms with Gasteiger partial charge in [-0.25, -0.2) is 0 Å². The molecule has 0 unspecified atom stereocenters. The summed E-state index contributed by atoms with van der Waals surface area (Å²) in [4.78, 5) is 11.4. The Morgan fingerprint density at radius 3 is 1.62 bits per heavy atom. The first kappa shape index (κ1) is 25.4. The van der Waals surface area contributed by atoms with Gasteiger partial charge in [-0.1, -0.05) is 78.1 Å². The Labute approximate surface area is 162 Å². The fourth-order valence-corrected chi connectivity index (χ4v) is 2.73. The van der Waals surface area contributed by atoms with E-state index in [0.717, 1.165) is 32.3 Å². The Bertz CT molecular complexity index is 281. The van der Waals surface area contributed by atoms with Crippen LogP contribution in [0.3, 0.4) is 0 Å². The smallest absolute Gasteiger partial charge is 0.305 e. The second-order valence-corrected chi connectivity index (χ2v) is 7.08. The van der Waals surface area contributed by atoms with E-state index in [2.05, 4.69) is 13.8 Å². The molecule has 0 aromatic heterocycles. The maximum Gasteiger partial charge on any atom is 0.305 e. The average Bonchev–Trinajstić information content (AvgIpc) is 2.64. The van der Waals surface area contributed by atoms with Crippen LogP contribution in [0.5, 0.6) is 0 Å². The maximum absolute atomic E-state index is 11.4. The van der Waals surface area contributed by atoms with Crippen LogP contribution in [0.4, 0.5) is 0 Å². The predicted molar refractivity (Wildman–Crippen MR) is 109 cm³/mol. The number of carbonyl (C=O) groups excluding carboxylic acids is 1. The summed E-state index contributed by atoms with van der Waals surface area (Å²) in [5.74, 6) is -0.112. The Kier molecular flexibility index (Phi) is 21.9. The molecule has 0 aromatic rings. The quantitative estimate of drug-likeness (QED) is 0.181. The van der Waals surface area contributed by atoms with Gasteiger partial charge in [-0.15, -0.1) is 0 Å². The van der Waals surface area contributed by atoms with Crippen LogP contribution < -0.4 is 0 Å². The third kappa shape index (κ3) is 21.4. The van der Waals surface area contributed by atoms with Gasteiger partial charge in [-0.3, -0.25) is 4.79 Å². The molecule has 0 atom stereocenters. The van der Waals surface area contributed by atoms with Crippen LogP contribution in [0.15, 0.2) is 0 Å². The summed E-state index contributed by atoms with van der Waals surface area (Å²) < 4.78 is 16.2. The van der Waals surface area contributed by atoms with Crippen LogP contribution in [0.25, 0.3) is 0 Å². The van der Waals surface area contributed by atoms with Gasteiger partial charge in [0.05, 0.1) is 19.8 Å². The Morgan fingerprint density at radius 2 is 1.04 bits per heavy atom. The zero-order chi connectivity index (χ0) is 19.1. The van der Waals surface area contributed by atoms with Crippen LogP contribution in [0.2, 0.25) is 0 Å². The van der Waals surface area contributed by atoms with Crippen molar-refractivity contribution in [1.82, 2.24) is 0 Å². The van der Waals surface area contributed by atoms with Crippen LogP contribution in [0, 0.1) is 0 Å². The van der Waals surface area contributed by atoms with Crippen molar-refractivity contribution in [3.05, 3.63) is 0 Å². The largest absolute Gasteiger partial charge is 0.466 e. The summed E-state index contributed by atoms with van der Waals surface area (Å²) in [6, 6.07) is 0. The summed E-state index contributed by atoms with van der Waals surface area (Å²) in [6.45, 7) is 7.60. The Balaban J connectivity index is 3.06. The highest BCUT2D eigenvalue weighted by Gasteiger charge is 2.01. The molecule has 0 saturated heterocycles. The average molecular weight is 373 g/mol. The molecule has 0 saturated carbocycles. The summed E-state index contributed by atoms with van der Waals surface area (Å²) >= 11 is 0. The molecule has 0 aliphatic carbocycles. The van der Waals surface area contributed by atoms with E-state index in [1.807, 2.05) is 0 Å². The molecule has 0 aliphatic rings. The minimum absolute atomic E-state index is 0.112. The van der Waals surface area contributed by atoms with E-state index in [4.69, 9.17) is 14.2 Å². The summed E-state index contributed by atoms with van der Waals surface area (Å²) in [5, 5.41) is 0. The summed E-state index contributed by atoms with van der Waals surface area (Å²) in [6.07, 6.45) is 16.7. The Hall–Kier alpha value is -0.610. The SMILES string of the molecule is CCCCCCCCCCCCOCCOCCCC(=O)OCCCC. The molecule has 156 valence electrons. The summed E-state index contributed by atoms with van der Waals surface area (Å²) in [7, 11) is 0. The van der Waals surface area contributed by atoms with Gasteiger partial charge < -0.3 is 14.2 Å². The van der Waals surface area contributed by atoms with E-state index in [0.29, 0.717) is 32.8 Å². The molecular weight excluding hydrogens is 328 g/mol. The van der Waals surface area contributed by atoms with Crippen molar-refractivity contribution in [3.8, 4) is 0 Å². The zero-order valence-corrected chi connectivity index (χ0v) is 17.6. The van der Waals surface area contributed by atoms with Crippen LogP contribution in [0.1, 0.15) is 104 Å². The molecule has 4 nitrogen and oxygen atoms in total. The molecule has 0 heterocycles. The molecule has 26 heavy (non-hydrogen) atoms. The van der Waals surface area contributed by atoms with E-state index in [9.17, 15) is 4.79 Å². The van der Waals surface area contributed by atoms with Gasteiger partial charge in [0, 0.05) is 19.6 Å². The van der Waals surface area contributed by atoms with Gasteiger partial charge in [0.1, 0.15) is 0 Å². The number of ether oxygens (including phenoxy) is 3. The van der Waals surface area contributed by atoms with Crippen LogP contribution in [-0.4, -0.2) is 39.0 Å². The van der Waals surface area contributed by atoms with Gasteiger partial charge in [-0.2, -0.15) is 0 Å².